The zero-order valence-electron chi connectivity index (χ0n) is 9.57. The normalized spacial score (nSPS) is 19.4. The summed E-state index contributed by atoms with van der Waals surface area (Å²) in [6.45, 7) is 1.96. The predicted octanol–water partition coefficient (Wildman–Crippen LogP) is 1.58. The molecule has 0 fully saturated rings. The number of hydrazone groups is 1. The van der Waals surface area contributed by atoms with Gasteiger partial charge in [-0.15, -0.1) is 0 Å². The van der Waals surface area contributed by atoms with E-state index < -0.39 is 0 Å². The number of nitrogens with two attached hydrogens (primary N) is 1. The summed E-state index contributed by atoms with van der Waals surface area (Å²) in [5.41, 5.74) is 8.69. The summed E-state index contributed by atoms with van der Waals surface area (Å²) in [6, 6.07) is 7.81. The molecule has 0 radical (unpaired) electrons. The van der Waals surface area contributed by atoms with Gasteiger partial charge in [0.05, 0.1) is 5.71 Å². The van der Waals surface area contributed by atoms with E-state index in [1.54, 1.807) is 0 Å². The van der Waals surface area contributed by atoms with Gasteiger partial charge in [0.2, 0.25) is 0 Å². The van der Waals surface area contributed by atoms with Crippen molar-refractivity contribution in [2.75, 3.05) is 0 Å². The highest BCUT2D eigenvalue weighted by molar-refractivity contribution is 6.31. The van der Waals surface area contributed by atoms with Gasteiger partial charge in [0.15, 0.2) is 0 Å². The molecule has 1 atom stereocenters. The number of hydrogen-bond donors (Lipinski definition) is 3. The topological polar surface area (TPSA) is 62.4 Å². The summed E-state index contributed by atoms with van der Waals surface area (Å²) in [6.07, 6.45) is 2.65. The first-order chi connectivity index (χ1) is 8.20. The van der Waals surface area contributed by atoms with Gasteiger partial charge in [-0.05, 0) is 30.2 Å². The molecule has 1 aromatic carbocycles. The van der Waals surface area contributed by atoms with Crippen LogP contribution in [0.3, 0.4) is 0 Å². The highest BCUT2D eigenvalue weighted by atomic mass is 35.5. The van der Waals surface area contributed by atoms with Gasteiger partial charge in [-0.2, -0.15) is 5.10 Å². The molecule has 1 unspecified atom stereocenters. The molecule has 1 heterocycles. The third-order valence-corrected chi connectivity index (χ3v) is 3.09. The van der Waals surface area contributed by atoms with Crippen LogP contribution < -0.4 is 16.7 Å². The molecule has 1 aliphatic heterocycles. The Bertz CT molecular complexity index is 467. The van der Waals surface area contributed by atoms with Crippen LogP contribution in [0.25, 0.3) is 0 Å². The van der Waals surface area contributed by atoms with Crippen LogP contribution in [0.15, 0.2) is 41.0 Å². The fourth-order valence-electron chi connectivity index (χ4n) is 1.72. The minimum atomic E-state index is -0.129. The van der Waals surface area contributed by atoms with Crippen molar-refractivity contribution < 1.29 is 0 Å². The van der Waals surface area contributed by atoms with E-state index in [1.165, 1.54) is 0 Å². The number of halogens is 1. The van der Waals surface area contributed by atoms with Crippen LogP contribution in [-0.4, -0.2) is 11.9 Å². The molecule has 2 rings (SSSR count). The average Bonchev–Trinajstić information content (AvgIpc) is 2.35. The lowest BCUT2D eigenvalue weighted by molar-refractivity contribution is 0.515. The standard InChI is InChI=1S/C12H15ClN4/c1-8-10(7-12(15-14)17-16-8)6-9-4-2-3-5-11(9)13/h2-5,7,12,15,17H,6,14H2,1H3. The van der Waals surface area contributed by atoms with Crippen molar-refractivity contribution in [1.29, 1.82) is 0 Å². The molecule has 0 saturated carbocycles. The molecule has 4 nitrogen and oxygen atoms in total. The average molecular weight is 251 g/mol. The van der Waals surface area contributed by atoms with E-state index in [4.69, 9.17) is 17.4 Å². The monoisotopic (exact) mass is 250 g/mol. The third-order valence-electron chi connectivity index (χ3n) is 2.72. The van der Waals surface area contributed by atoms with E-state index in [0.717, 1.165) is 28.3 Å². The van der Waals surface area contributed by atoms with E-state index in [0.29, 0.717) is 0 Å². The number of hydrazine groups is 1. The van der Waals surface area contributed by atoms with Gasteiger partial charge in [0, 0.05) is 11.4 Å². The molecule has 1 aromatic rings. The summed E-state index contributed by atoms with van der Waals surface area (Å²) in [7, 11) is 0. The second kappa shape index (κ2) is 5.31. The summed E-state index contributed by atoms with van der Waals surface area (Å²) in [5.74, 6) is 5.38. The van der Waals surface area contributed by atoms with Crippen LogP contribution >= 0.6 is 11.6 Å². The highest BCUT2D eigenvalue weighted by Crippen LogP contribution is 2.20. The van der Waals surface area contributed by atoms with E-state index >= 15 is 0 Å². The zero-order chi connectivity index (χ0) is 12.3. The summed E-state index contributed by atoms with van der Waals surface area (Å²) in [5, 5.41) is 4.98. The lowest BCUT2D eigenvalue weighted by atomic mass is 10.00. The number of rotatable bonds is 3. The Balaban J connectivity index is 2.20. The number of nitrogens with one attached hydrogen (secondary N) is 2. The first-order valence-corrected chi connectivity index (χ1v) is 5.79. The van der Waals surface area contributed by atoms with Crippen molar-refractivity contribution in [3.8, 4) is 0 Å². The molecule has 0 amide bonds. The minimum Gasteiger partial charge on any atom is -0.288 e. The maximum Gasteiger partial charge on any atom is 0.125 e. The van der Waals surface area contributed by atoms with E-state index in [1.807, 2.05) is 37.3 Å². The third kappa shape index (κ3) is 2.85. The largest absolute Gasteiger partial charge is 0.288 e. The van der Waals surface area contributed by atoms with Crippen LogP contribution in [0.5, 0.6) is 0 Å². The van der Waals surface area contributed by atoms with Crippen molar-refractivity contribution in [3.05, 3.63) is 46.5 Å². The smallest absolute Gasteiger partial charge is 0.125 e. The number of allylic oxidation sites excluding steroid dienone is 1. The second-order valence-electron chi connectivity index (χ2n) is 3.93. The Morgan fingerprint density at radius 1 is 1.47 bits per heavy atom. The first-order valence-electron chi connectivity index (χ1n) is 5.41. The van der Waals surface area contributed by atoms with Crippen LogP contribution in [0, 0.1) is 0 Å². The highest BCUT2D eigenvalue weighted by Gasteiger charge is 2.13. The van der Waals surface area contributed by atoms with Gasteiger partial charge in [-0.1, -0.05) is 29.8 Å². The van der Waals surface area contributed by atoms with Crippen molar-refractivity contribution >= 4 is 17.3 Å². The van der Waals surface area contributed by atoms with Crippen LogP contribution in [0.1, 0.15) is 12.5 Å². The first kappa shape index (κ1) is 12.1. The molecule has 90 valence electrons. The predicted molar refractivity (Wildman–Crippen MR) is 70.6 cm³/mol. The molecule has 1 aliphatic rings. The summed E-state index contributed by atoms with van der Waals surface area (Å²) >= 11 is 6.14. The van der Waals surface area contributed by atoms with Gasteiger partial charge in [-0.3, -0.25) is 11.3 Å². The van der Waals surface area contributed by atoms with E-state index in [2.05, 4.69) is 16.0 Å². The summed E-state index contributed by atoms with van der Waals surface area (Å²) < 4.78 is 0. The van der Waals surface area contributed by atoms with Crippen LogP contribution in [-0.2, 0) is 6.42 Å². The van der Waals surface area contributed by atoms with Crippen LogP contribution in [0.2, 0.25) is 5.02 Å². The lowest BCUT2D eigenvalue weighted by Crippen LogP contribution is -2.45. The molecular formula is C12H15ClN4. The summed E-state index contributed by atoms with van der Waals surface area (Å²) in [4.78, 5) is 0. The van der Waals surface area contributed by atoms with E-state index in [-0.39, 0.29) is 6.17 Å². The van der Waals surface area contributed by atoms with Crippen LogP contribution in [0.4, 0.5) is 0 Å². The SMILES string of the molecule is CC1=NNC(NN)C=C1Cc1ccccc1Cl. The molecule has 0 aliphatic carbocycles. The Morgan fingerprint density at radius 3 is 2.94 bits per heavy atom. The quantitative estimate of drug-likeness (QED) is 0.564. The molecule has 0 saturated heterocycles. The number of nitrogens with zero attached hydrogens (tertiary/aromatic N) is 1. The van der Waals surface area contributed by atoms with Gasteiger partial charge in [0.1, 0.15) is 6.17 Å². The number of hydrogen-bond acceptors (Lipinski definition) is 4. The Labute approximate surface area is 106 Å². The molecule has 5 heteroatoms. The molecule has 0 spiro atoms. The molecule has 4 N–H and O–H groups in total. The molecular weight excluding hydrogens is 236 g/mol. The van der Waals surface area contributed by atoms with Gasteiger partial charge < -0.3 is 0 Å². The van der Waals surface area contributed by atoms with E-state index in [9.17, 15) is 0 Å². The van der Waals surface area contributed by atoms with Gasteiger partial charge >= 0.3 is 0 Å². The fraction of sp³-hybridized carbons (Fsp3) is 0.250. The molecule has 17 heavy (non-hydrogen) atoms. The second-order valence-corrected chi connectivity index (χ2v) is 4.34. The fourth-order valence-corrected chi connectivity index (χ4v) is 1.92. The van der Waals surface area contributed by atoms with Crippen molar-refractivity contribution in [2.24, 2.45) is 10.9 Å². The number of benzene rings is 1. The molecule has 0 bridgehead atoms. The van der Waals surface area contributed by atoms with Crippen molar-refractivity contribution in [1.82, 2.24) is 10.9 Å². The Kier molecular flexibility index (Phi) is 3.78. The maximum absolute atomic E-state index is 6.14. The van der Waals surface area contributed by atoms with Crippen molar-refractivity contribution in [2.45, 2.75) is 19.5 Å². The Morgan fingerprint density at radius 2 is 2.24 bits per heavy atom. The Hall–Kier alpha value is -1.36. The zero-order valence-corrected chi connectivity index (χ0v) is 10.3. The molecule has 0 aromatic heterocycles. The van der Waals surface area contributed by atoms with Gasteiger partial charge in [-0.25, -0.2) is 5.43 Å². The lowest BCUT2D eigenvalue weighted by Gasteiger charge is -2.20. The maximum atomic E-state index is 6.14. The van der Waals surface area contributed by atoms with Crippen molar-refractivity contribution in [3.63, 3.8) is 0 Å². The minimum absolute atomic E-state index is 0.129. The van der Waals surface area contributed by atoms with Gasteiger partial charge in [0.25, 0.3) is 0 Å².